The predicted molar refractivity (Wildman–Crippen MR) is 77.8 cm³/mol. The van der Waals surface area contributed by atoms with Gasteiger partial charge in [0.15, 0.2) is 0 Å². The molecular weight excluding hydrogens is 274 g/mol. The maximum absolute atomic E-state index is 12.3. The number of rotatable bonds is 2. The van der Waals surface area contributed by atoms with Crippen molar-refractivity contribution in [3.8, 4) is 0 Å². The summed E-state index contributed by atoms with van der Waals surface area (Å²) < 4.78 is 10.7. The van der Waals surface area contributed by atoms with E-state index in [2.05, 4.69) is 0 Å². The van der Waals surface area contributed by atoms with Crippen molar-refractivity contribution in [3.05, 3.63) is 0 Å². The van der Waals surface area contributed by atoms with Crippen LogP contribution in [0.3, 0.4) is 0 Å². The third kappa shape index (κ3) is 5.19. The van der Waals surface area contributed by atoms with Crippen molar-refractivity contribution in [2.75, 3.05) is 13.2 Å². The quantitative estimate of drug-likeness (QED) is 0.789. The number of nitrogens with zero attached hydrogens (tertiary/aromatic N) is 1. The standard InChI is InChI=1S/C15H27NO5/c1-14(2,3)20-12(18)11-10(9-17)7-8-16(11)13(19)21-15(4,5)6/h10-11,17H,7-9H2,1-6H3/t10-,11-/m0/s1. The Labute approximate surface area is 126 Å². The summed E-state index contributed by atoms with van der Waals surface area (Å²) in [5.74, 6) is -0.808. The summed E-state index contributed by atoms with van der Waals surface area (Å²) in [7, 11) is 0. The van der Waals surface area contributed by atoms with E-state index >= 15 is 0 Å². The van der Waals surface area contributed by atoms with E-state index in [1.165, 1.54) is 4.90 Å². The Kier molecular flexibility index (Phi) is 5.25. The van der Waals surface area contributed by atoms with Crippen LogP contribution in [0.4, 0.5) is 4.79 Å². The number of carbonyl (C=O) groups excluding carboxylic acids is 2. The van der Waals surface area contributed by atoms with E-state index in [1.54, 1.807) is 41.5 Å². The number of aliphatic hydroxyl groups is 1. The van der Waals surface area contributed by atoms with E-state index in [0.29, 0.717) is 13.0 Å². The van der Waals surface area contributed by atoms with Crippen LogP contribution < -0.4 is 0 Å². The molecule has 6 nitrogen and oxygen atoms in total. The molecule has 0 radical (unpaired) electrons. The molecule has 21 heavy (non-hydrogen) atoms. The van der Waals surface area contributed by atoms with Crippen molar-refractivity contribution in [1.29, 1.82) is 0 Å². The molecule has 0 bridgehead atoms. The molecule has 122 valence electrons. The Hall–Kier alpha value is -1.30. The second-order valence-electron chi connectivity index (χ2n) is 7.38. The van der Waals surface area contributed by atoms with Crippen molar-refractivity contribution in [2.45, 2.75) is 65.2 Å². The van der Waals surface area contributed by atoms with Gasteiger partial charge in [-0.05, 0) is 48.0 Å². The number of hydrogen-bond donors (Lipinski definition) is 1. The zero-order chi connectivity index (χ0) is 16.4. The number of likely N-dealkylation sites (tertiary alicyclic amines) is 1. The molecule has 1 aliphatic rings. The van der Waals surface area contributed by atoms with Gasteiger partial charge in [0.2, 0.25) is 0 Å². The minimum absolute atomic E-state index is 0.163. The highest BCUT2D eigenvalue weighted by molar-refractivity contribution is 5.83. The SMILES string of the molecule is CC(C)(C)OC(=O)[C@@H]1[C@H](CO)CCN1C(=O)OC(C)(C)C. The Morgan fingerprint density at radius 2 is 1.62 bits per heavy atom. The number of esters is 1. The van der Waals surface area contributed by atoms with Gasteiger partial charge in [-0.1, -0.05) is 0 Å². The lowest BCUT2D eigenvalue weighted by Crippen LogP contribution is -2.48. The van der Waals surface area contributed by atoms with E-state index in [-0.39, 0.29) is 12.5 Å². The van der Waals surface area contributed by atoms with Gasteiger partial charge in [-0.3, -0.25) is 4.90 Å². The van der Waals surface area contributed by atoms with Crippen LogP contribution in [-0.2, 0) is 14.3 Å². The molecule has 0 aromatic carbocycles. The number of amides is 1. The molecule has 0 spiro atoms. The first kappa shape index (κ1) is 17.8. The minimum Gasteiger partial charge on any atom is -0.458 e. The van der Waals surface area contributed by atoms with Gasteiger partial charge >= 0.3 is 12.1 Å². The molecular formula is C15H27NO5. The Morgan fingerprint density at radius 1 is 1.10 bits per heavy atom. The maximum atomic E-state index is 12.3. The number of aliphatic hydroxyl groups excluding tert-OH is 1. The zero-order valence-corrected chi connectivity index (χ0v) is 13.8. The fourth-order valence-electron chi connectivity index (χ4n) is 2.25. The Bertz CT molecular complexity index is 394. The molecule has 1 N–H and O–H groups in total. The fraction of sp³-hybridized carbons (Fsp3) is 0.867. The van der Waals surface area contributed by atoms with E-state index in [9.17, 15) is 14.7 Å². The summed E-state index contributed by atoms with van der Waals surface area (Å²) in [5, 5.41) is 9.43. The van der Waals surface area contributed by atoms with Crippen molar-refractivity contribution < 1.29 is 24.2 Å². The maximum Gasteiger partial charge on any atom is 0.411 e. The molecule has 1 rings (SSSR count). The van der Waals surface area contributed by atoms with Gasteiger partial charge in [-0.25, -0.2) is 9.59 Å². The summed E-state index contributed by atoms with van der Waals surface area (Å²) in [6.07, 6.45) is 0.00827. The first-order valence-electron chi connectivity index (χ1n) is 7.28. The van der Waals surface area contributed by atoms with E-state index in [0.717, 1.165) is 0 Å². The second-order valence-corrected chi connectivity index (χ2v) is 7.38. The van der Waals surface area contributed by atoms with Crippen molar-refractivity contribution in [3.63, 3.8) is 0 Å². The van der Waals surface area contributed by atoms with E-state index in [1.807, 2.05) is 0 Å². The zero-order valence-electron chi connectivity index (χ0n) is 13.8. The lowest BCUT2D eigenvalue weighted by molar-refractivity contribution is -0.162. The van der Waals surface area contributed by atoms with Gasteiger partial charge in [-0.15, -0.1) is 0 Å². The Morgan fingerprint density at radius 3 is 2.05 bits per heavy atom. The van der Waals surface area contributed by atoms with Crippen molar-refractivity contribution in [1.82, 2.24) is 4.90 Å². The molecule has 1 saturated heterocycles. The third-order valence-electron chi connectivity index (χ3n) is 3.03. The number of hydrogen-bond acceptors (Lipinski definition) is 5. The summed E-state index contributed by atoms with van der Waals surface area (Å²) >= 11 is 0. The van der Waals surface area contributed by atoms with Gasteiger partial charge in [0.1, 0.15) is 17.2 Å². The van der Waals surface area contributed by atoms with Gasteiger partial charge in [-0.2, -0.15) is 0 Å². The highest BCUT2D eigenvalue weighted by Gasteiger charge is 2.45. The molecule has 1 fully saturated rings. The first-order chi connectivity index (χ1) is 9.44. The molecule has 0 saturated carbocycles. The highest BCUT2D eigenvalue weighted by atomic mass is 16.6. The van der Waals surface area contributed by atoms with Crippen molar-refractivity contribution in [2.24, 2.45) is 5.92 Å². The summed E-state index contributed by atoms with van der Waals surface area (Å²) in [6.45, 7) is 10.8. The molecule has 0 aliphatic carbocycles. The average molecular weight is 301 g/mol. The van der Waals surface area contributed by atoms with Crippen LogP contribution in [0.15, 0.2) is 0 Å². The minimum atomic E-state index is -0.788. The summed E-state index contributed by atoms with van der Waals surface area (Å²) in [4.78, 5) is 25.9. The highest BCUT2D eigenvalue weighted by Crippen LogP contribution is 2.28. The molecule has 6 heteroatoms. The van der Waals surface area contributed by atoms with E-state index < -0.39 is 29.3 Å². The first-order valence-corrected chi connectivity index (χ1v) is 7.28. The van der Waals surface area contributed by atoms with Gasteiger partial charge in [0.05, 0.1) is 0 Å². The van der Waals surface area contributed by atoms with Gasteiger partial charge < -0.3 is 14.6 Å². The molecule has 0 aromatic heterocycles. The van der Waals surface area contributed by atoms with Crippen LogP contribution in [-0.4, -0.2) is 52.5 Å². The second kappa shape index (κ2) is 6.22. The predicted octanol–water partition coefficient (Wildman–Crippen LogP) is 1.95. The lowest BCUT2D eigenvalue weighted by Gasteiger charge is -2.31. The smallest absolute Gasteiger partial charge is 0.411 e. The fourth-order valence-corrected chi connectivity index (χ4v) is 2.25. The van der Waals surface area contributed by atoms with Crippen LogP contribution in [0.1, 0.15) is 48.0 Å². The van der Waals surface area contributed by atoms with Gasteiger partial charge in [0.25, 0.3) is 0 Å². The molecule has 2 atom stereocenters. The number of ether oxygens (including phenoxy) is 2. The average Bonchev–Trinajstić information content (AvgIpc) is 2.67. The Balaban J connectivity index is 2.88. The third-order valence-corrected chi connectivity index (χ3v) is 3.03. The normalized spacial score (nSPS) is 23.1. The van der Waals surface area contributed by atoms with Gasteiger partial charge in [0, 0.05) is 19.1 Å². The molecule has 1 amide bonds. The monoisotopic (exact) mass is 301 g/mol. The topological polar surface area (TPSA) is 76.1 Å². The largest absolute Gasteiger partial charge is 0.458 e. The molecule has 1 heterocycles. The van der Waals surface area contributed by atoms with E-state index in [4.69, 9.17) is 9.47 Å². The summed E-state index contributed by atoms with van der Waals surface area (Å²) in [5.41, 5.74) is -1.27. The van der Waals surface area contributed by atoms with Crippen LogP contribution in [0.25, 0.3) is 0 Å². The van der Waals surface area contributed by atoms with Crippen LogP contribution in [0.2, 0.25) is 0 Å². The van der Waals surface area contributed by atoms with Crippen LogP contribution >= 0.6 is 0 Å². The van der Waals surface area contributed by atoms with Crippen LogP contribution in [0, 0.1) is 5.92 Å². The van der Waals surface area contributed by atoms with Crippen molar-refractivity contribution >= 4 is 12.1 Å². The molecule has 0 unspecified atom stereocenters. The summed E-state index contributed by atoms with van der Waals surface area (Å²) in [6, 6.07) is -0.788. The van der Waals surface area contributed by atoms with Crippen LogP contribution in [0.5, 0.6) is 0 Å². The molecule has 1 aliphatic heterocycles. The molecule has 0 aromatic rings. The number of carbonyl (C=O) groups is 2. The lowest BCUT2D eigenvalue weighted by atomic mass is 10.0.